The number of ether oxygens (including phenoxy) is 1. The van der Waals surface area contributed by atoms with E-state index in [1.807, 2.05) is 17.6 Å². The van der Waals surface area contributed by atoms with E-state index in [-0.39, 0.29) is 24.1 Å². The second-order valence-corrected chi connectivity index (χ2v) is 6.05. The molecule has 0 saturated carbocycles. The predicted octanol–water partition coefficient (Wildman–Crippen LogP) is 3.53. The molecule has 2 aromatic heterocycles. The molecule has 0 unspecified atom stereocenters. The third-order valence-corrected chi connectivity index (χ3v) is 4.35. The Morgan fingerprint density at radius 3 is 2.76 bits per heavy atom. The third kappa shape index (κ3) is 4.27. The summed E-state index contributed by atoms with van der Waals surface area (Å²) in [5, 5.41) is 8.85. The second kappa shape index (κ2) is 7.98. The van der Waals surface area contributed by atoms with Gasteiger partial charge in [0.1, 0.15) is 12.4 Å². The zero-order valence-electron chi connectivity index (χ0n) is 13.5. The molecule has 8 heteroatoms. The molecule has 0 aliphatic carbocycles. The Bertz CT molecular complexity index is 831. The zero-order chi connectivity index (χ0) is 17.6. The molecule has 0 radical (unpaired) electrons. The van der Waals surface area contributed by atoms with E-state index in [9.17, 15) is 9.18 Å². The maximum Gasteiger partial charge on any atom is 0.316 e. The molecule has 3 aromatic rings. The van der Waals surface area contributed by atoms with E-state index in [0.717, 1.165) is 5.56 Å². The van der Waals surface area contributed by atoms with Crippen LogP contribution in [-0.2, 0) is 22.7 Å². The van der Waals surface area contributed by atoms with Crippen molar-refractivity contribution in [1.29, 1.82) is 0 Å². The Morgan fingerprint density at radius 2 is 2.08 bits per heavy atom. The fraction of sp³-hybridized carbons (Fsp3) is 0.235. The van der Waals surface area contributed by atoms with E-state index >= 15 is 0 Å². The summed E-state index contributed by atoms with van der Waals surface area (Å²) in [6, 6.07) is 9.42. The second-order valence-electron chi connectivity index (χ2n) is 5.10. The molecular weight excluding hydrogens is 345 g/mol. The van der Waals surface area contributed by atoms with E-state index in [1.165, 1.54) is 23.9 Å². The molecular formula is C17H16FN3O3S. The van der Waals surface area contributed by atoms with Gasteiger partial charge in [-0.1, -0.05) is 23.9 Å². The van der Waals surface area contributed by atoms with Crippen molar-refractivity contribution < 1.29 is 18.3 Å². The fourth-order valence-electron chi connectivity index (χ4n) is 2.18. The van der Waals surface area contributed by atoms with Gasteiger partial charge in [0, 0.05) is 6.54 Å². The lowest BCUT2D eigenvalue weighted by Gasteiger charge is -2.06. The highest BCUT2D eigenvalue weighted by Crippen LogP contribution is 2.24. The minimum absolute atomic E-state index is 0.109. The lowest BCUT2D eigenvalue weighted by atomic mass is 10.2. The van der Waals surface area contributed by atoms with E-state index in [1.54, 1.807) is 24.5 Å². The van der Waals surface area contributed by atoms with Gasteiger partial charge in [-0.25, -0.2) is 4.39 Å². The zero-order valence-corrected chi connectivity index (χ0v) is 14.3. The molecule has 0 fully saturated rings. The van der Waals surface area contributed by atoms with Gasteiger partial charge >= 0.3 is 5.97 Å². The van der Waals surface area contributed by atoms with Crippen molar-refractivity contribution >= 4 is 17.7 Å². The Kier molecular flexibility index (Phi) is 5.49. The number of carbonyl (C=O) groups excluding carboxylic acids is 1. The van der Waals surface area contributed by atoms with Gasteiger partial charge in [-0.15, -0.1) is 10.2 Å². The number of benzene rings is 1. The summed E-state index contributed by atoms with van der Waals surface area (Å²) < 4.78 is 25.2. The Hall–Kier alpha value is -2.61. The Morgan fingerprint density at radius 1 is 1.28 bits per heavy atom. The quantitative estimate of drug-likeness (QED) is 0.474. The molecule has 0 aliphatic heterocycles. The lowest BCUT2D eigenvalue weighted by Crippen LogP contribution is -2.08. The normalized spacial score (nSPS) is 10.8. The molecule has 25 heavy (non-hydrogen) atoms. The molecule has 3 rings (SSSR count). The number of hydrogen-bond acceptors (Lipinski definition) is 6. The molecule has 2 heterocycles. The Labute approximate surface area is 148 Å². The highest BCUT2D eigenvalue weighted by molar-refractivity contribution is 7.99. The molecule has 0 aliphatic rings. The van der Waals surface area contributed by atoms with E-state index < -0.39 is 0 Å². The van der Waals surface area contributed by atoms with Crippen LogP contribution in [0.3, 0.4) is 0 Å². The number of esters is 1. The summed E-state index contributed by atoms with van der Waals surface area (Å²) in [6.07, 6.45) is 1.57. The molecule has 0 atom stereocenters. The highest BCUT2D eigenvalue weighted by Gasteiger charge is 2.16. The van der Waals surface area contributed by atoms with Crippen LogP contribution in [0, 0.1) is 5.82 Å². The smallest absolute Gasteiger partial charge is 0.316 e. The number of hydrogen-bond donors (Lipinski definition) is 0. The number of aromatic nitrogens is 3. The lowest BCUT2D eigenvalue weighted by molar-refractivity contribution is -0.141. The largest absolute Gasteiger partial charge is 0.461 e. The third-order valence-electron chi connectivity index (χ3n) is 3.41. The van der Waals surface area contributed by atoms with Gasteiger partial charge in [-0.3, -0.25) is 9.36 Å². The molecule has 0 amide bonds. The maximum atomic E-state index is 12.8. The summed E-state index contributed by atoms with van der Waals surface area (Å²) in [6.45, 7) is 2.72. The van der Waals surface area contributed by atoms with Crippen LogP contribution in [0.1, 0.15) is 12.5 Å². The maximum absolute atomic E-state index is 12.8. The molecule has 6 nitrogen and oxygen atoms in total. The summed E-state index contributed by atoms with van der Waals surface area (Å²) in [7, 11) is 0. The molecule has 0 saturated heterocycles. The Balaban J connectivity index is 1.56. The van der Waals surface area contributed by atoms with Gasteiger partial charge in [0.05, 0.1) is 12.0 Å². The number of rotatable bonds is 7. The van der Waals surface area contributed by atoms with Crippen LogP contribution in [0.5, 0.6) is 0 Å². The van der Waals surface area contributed by atoms with Gasteiger partial charge in [-0.05, 0) is 36.8 Å². The monoisotopic (exact) mass is 361 g/mol. The highest BCUT2D eigenvalue weighted by atomic mass is 32.2. The molecule has 130 valence electrons. The summed E-state index contributed by atoms with van der Waals surface area (Å²) in [4.78, 5) is 11.9. The van der Waals surface area contributed by atoms with Gasteiger partial charge < -0.3 is 9.15 Å². The minimum atomic E-state index is -0.375. The summed E-state index contributed by atoms with van der Waals surface area (Å²) in [5.41, 5.74) is 0.733. The van der Waals surface area contributed by atoms with Crippen LogP contribution in [-0.4, -0.2) is 26.5 Å². The first-order valence-electron chi connectivity index (χ1n) is 7.67. The first kappa shape index (κ1) is 17.2. The van der Waals surface area contributed by atoms with Crippen LogP contribution in [0.25, 0.3) is 11.6 Å². The van der Waals surface area contributed by atoms with Crippen LogP contribution >= 0.6 is 11.8 Å². The average molecular weight is 361 g/mol. The first-order chi connectivity index (χ1) is 12.2. The number of carbonyl (C=O) groups is 1. The number of thioether (sulfide) groups is 1. The van der Waals surface area contributed by atoms with Gasteiger partial charge in [0.15, 0.2) is 16.7 Å². The summed E-state index contributed by atoms with van der Waals surface area (Å²) in [5.74, 6) is 0.656. The van der Waals surface area contributed by atoms with Gasteiger partial charge in [0.25, 0.3) is 0 Å². The molecule has 0 N–H and O–H groups in total. The number of nitrogens with zero attached hydrogens (tertiary/aromatic N) is 3. The fourth-order valence-corrected chi connectivity index (χ4v) is 2.98. The number of furan rings is 1. The molecule has 0 bridgehead atoms. The van der Waals surface area contributed by atoms with Crippen molar-refractivity contribution in [1.82, 2.24) is 14.8 Å². The van der Waals surface area contributed by atoms with Gasteiger partial charge in [0.2, 0.25) is 0 Å². The van der Waals surface area contributed by atoms with Crippen molar-refractivity contribution in [2.75, 3.05) is 5.75 Å². The van der Waals surface area contributed by atoms with Crippen LogP contribution < -0.4 is 0 Å². The van der Waals surface area contributed by atoms with Crippen molar-refractivity contribution in [3.63, 3.8) is 0 Å². The van der Waals surface area contributed by atoms with Crippen LogP contribution in [0.2, 0.25) is 0 Å². The predicted molar refractivity (Wildman–Crippen MR) is 90.3 cm³/mol. The van der Waals surface area contributed by atoms with Crippen LogP contribution in [0.15, 0.2) is 52.2 Å². The van der Waals surface area contributed by atoms with E-state index in [0.29, 0.717) is 23.3 Å². The van der Waals surface area contributed by atoms with Crippen molar-refractivity contribution in [2.24, 2.45) is 0 Å². The first-order valence-corrected chi connectivity index (χ1v) is 8.66. The molecule has 0 spiro atoms. The van der Waals surface area contributed by atoms with Gasteiger partial charge in [-0.2, -0.15) is 0 Å². The standard InChI is InChI=1S/C17H16FN3O3S/c1-2-21-16(14-4-3-9-23-14)19-20-17(21)25-11-15(22)24-10-12-5-7-13(18)8-6-12/h3-9H,2,10-11H2,1H3. The minimum Gasteiger partial charge on any atom is -0.461 e. The summed E-state index contributed by atoms with van der Waals surface area (Å²) >= 11 is 1.25. The topological polar surface area (TPSA) is 70.2 Å². The molecule has 1 aromatic carbocycles. The van der Waals surface area contributed by atoms with Crippen LogP contribution in [0.4, 0.5) is 4.39 Å². The van der Waals surface area contributed by atoms with Crippen molar-refractivity contribution in [2.45, 2.75) is 25.2 Å². The number of halogens is 1. The van der Waals surface area contributed by atoms with E-state index in [2.05, 4.69) is 10.2 Å². The van der Waals surface area contributed by atoms with Crippen molar-refractivity contribution in [3.8, 4) is 11.6 Å². The van der Waals surface area contributed by atoms with Crippen molar-refractivity contribution in [3.05, 3.63) is 54.0 Å². The van der Waals surface area contributed by atoms with E-state index in [4.69, 9.17) is 9.15 Å². The SMILES string of the molecule is CCn1c(SCC(=O)OCc2ccc(F)cc2)nnc1-c1ccco1. The average Bonchev–Trinajstić information content (AvgIpc) is 3.28.